The van der Waals surface area contributed by atoms with Gasteiger partial charge in [0.25, 0.3) is 0 Å². The fourth-order valence-electron chi connectivity index (χ4n) is 0.978. The minimum absolute atomic E-state index is 0.182. The Hall–Kier alpha value is -0.660. The molecule has 0 aliphatic heterocycles. The van der Waals surface area contributed by atoms with Crippen LogP contribution < -0.4 is 10.0 Å². The first-order chi connectivity index (χ1) is 7.72. The van der Waals surface area contributed by atoms with E-state index in [-0.39, 0.29) is 19.0 Å². The van der Waals surface area contributed by atoms with E-state index in [1.165, 1.54) is 0 Å². The van der Waals surface area contributed by atoms with Crippen molar-refractivity contribution in [3.05, 3.63) is 0 Å². The SMILES string of the molecule is CC(C)CO[C@@H](C)C(=O)NCCNS(C)(=O)=O. The maximum absolute atomic E-state index is 11.5. The van der Waals surface area contributed by atoms with Crippen LogP contribution >= 0.6 is 0 Å². The van der Waals surface area contributed by atoms with Crippen molar-refractivity contribution in [2.45, 2.75) is 26.9 Å². The zero-order chi connectivity index (χ0) is 13.5. The molecule has 0 heterocycles. The molecular formula is C10H22N2O4S. The van der Waals surface area contributed by atoms with Crippen molar-refractivity contribution in [3.8, 4) is 0 Å². The minimum atomic E-state index is -3.20. The Bertz CT molecular complexity index is 327. The quantitative estimate of drug-likeness (QED) is 0.591. The number of hydrogen-bond acceptors (Lipinski definition) is 4. The lowest BCUT2D eigenvalue weighted by atomic mass is 10.2. The Balaban J connectivity index is 3.71. The van der Waals surface area contributed by atoms with Gasteiger partial charge >= 0.3 is 0 Å². The first kappa shape index (κ1) is 16.3. The van der Waals surface area contributed by atoms with Gasteiger partial charge < -0.3 is 10.1 Å². The van der Waals surface area contributed by atoms with E-state index in [0.717, 1.165) is 6.26 Å². The average molecular weight is 266 g/mol. The predicted molar refractivity (Wildman–Crippen MR) is 66.1 cm³/mol. The summed E-state index contributed by atoms with van der Waals surface area (Å²) >= 11 is 0. The van der Waals surface area contributed by atoms with Crippen LogP contribution in [0.2, 0.25) is 0 Å². The molecule has 2 N–H and O–H groups in total. The summed E-state index contributed by atoms with van der Waals surface area (Å²) in [5, 5.41) is 2.59. The molecule has 0 spiro atoms. The molecule has 0 rings (SSSR count). The number of carbonyl (C=O) groups is 1. The first-order valence-corrected chi connectivity index (χ1v) is 7.45. The number of nitrogens with one attached hydrogen (secondary N) is 2. The monoisotopic (exact) mass is 266 g/mol. The van der Waals surface area contributed by atoms with Crippen molar-refractivity contribution in [3.63, 3.8) is 0 Å². The number of rotatable bonds is 8. The van der Waals surface area contributed by atoms with Crippen molar-refractivity contribution in [1.82, 2.24) is 10.0 Å². The lowest BCUT2D eigenvalue weighted by molar-refractivity contribution is -0.132. The Morgan fingerprint density at radius 2 is 1.82 bits per heavy atom. The van der Waals surface area contributed by atoms with Crippen LogP contribution in [0.4, 0.5) is 0 Å². The predicted octanol–water partition coefficient (Wildman–Crippen LogP) is -0.287. The lowest BCUT2D eigenvalue weighted by Crippen LogP contribution is -2.39. The van der Waals surface area contributed by atoms with E-state index in [1.807, 2.05) is 13.8 Å². The van der Waals surface area contributed by atoms with E-state index in [1.54, 1.807) is 6.92 Å². The number of sulfonamides is 1. The zero-order valence-corrected chi connectivity index (χ0v) is 11.6. The molecule has 17 heavy (non-hydrogen) atoms. The third-order valence-electron chi connectivity index (χ3n) is 1.84. The van der Waals surface area contributed by atoms with Gasteiger partial charge in [0.2, 0.25) is 15.9 Å². The molecule has 0 bridgehead atoms. The summed E-state index contributed by atoms with van der Waals surface area (Å²) in [5.74, 6) is 0.137. The molecule has 0 radical (unpaired) electrons. The zero-order valence-electron chi connectivity index (χ0n) is 10.8. The van der Waals surface area contributed by atoms with Crippen LogP contribution in [0, 0.1) is 5.92 Å². The number of carbonyl (C=O) groups excluding carboxylic acids is 1. The van der Waals surface area contributed by atoms with Crippen molar-refractivity contribution in [1.29, 1.82) is 0 Å². The standard InChI is InChI=1S/C10H22N2O4S/c1-8(2)7-16-9(3)10(13)11-5-6-12-17(4,14)15/h8-9,12H,5-7H2,1-4H3,(H,11,13)/t9-/m0/s1. The van der Waals surface area contributed by atoms with E-state index < -0.39 is 16.1 Å². The molecule has 0 aromatic carbocycles. The molecule has 0 unspecified atom stereocenters. The van der Waals surface area contributed by atoms with E-state index in [9.17, 15) is 13.2 Å². The van der Waals surface area contributed by atoms with E-state index >= 15 is 0 Å². The summed E-state index contributed by atoms with van der Waals surface area (Å²) in [6, 6.07) is 0. The normalized spacial score (nSPS) is 13.7. The van der Waals surface area contributed by atoms with Gasteiger partial charge in [0.1, 0.15) is 6.10 Å². The molecule has 0 aliphatic rings. The average Bonchev–Trinajstić information content (AvgIpc) is 2.19. The molecular weight excluding hydrogens is 244 g/mol. The fourth-order valence-corrected chi connectivity index (χ4v) is 1.45. The molecule has 0 aromatic heterocycles. The summed E-state index contributed by atoms with van der Waals surface area (Å²) in [7, 11) is -3.20. The van der Waals surface area contributed by atoms with Crippen molar-refractivity contribution in [2.75, 3.05) is 26.0 Å². The van der Waals surface area contributed by atoms with E-state index in [2.05, 4.69) is 10.0 Å². The third kappa shape index (κ3) is 10.2. The molecule has 0 saturated heterocycles. The summed E-state index contributed by atoms with van der Waals surface area (Å²) < 4.78 is 29.1. The molecule has 0 fully saturated rings. The van der Waals surface area contributed by atoms with E-state index in [4.69, 9.17) is 4.74 Å². The fraction of sp³-hybridized carbons (Fsp3) is 0.900. The summed E-state index contributed by atoms with van der Waals surface area (Å²) in [6.45, 7) is 6.63. The van der Waals surface area contributed by atoms with Crippen LogP contribution in [0.3, 0.4) is 0 Å². The number of hydrogen-bond donors (Lipinski definition) is 2. The Kier molecular flexibility index (Phi) is 7.33. The second-order valence-electron chi connectivity index (χ2n) is 4.33. The van der Waals surface area contributed by atoms with Gasteiger partial charge in [-0.3, -0.25) is 4.79 Å². The van der Waals surface area contributed by atoms with Crippen molar-refractivity contribution < 1.29 is 17.9 Å². The van der Waals surface area contributed by atoms with Gasteiger partial charge in [-0.05, 0) is 12.8 Å². The molecule has 7 heteroatoms. The Labute approximate surface area is 103 Å². The molecule has 1 atom stereocenters. The first-order valence-electron chi connectivity index (χ1n) is 5.56. The second-order valence-corrected chi connectivity index (χ2v) is 6.16. The minimum Gasteiger partial charge on any atom is -0.368 e. The highest BCUT2D eigenvalue weighted by molar-refractivity contribution is 7.88. The lowest BCUT2D eigenvalue weighted by Gasteiger charge is -2.14. The summed E-state index contributed by atoms with van der Waals surface area (Å²) in [5.41, 5.74) is 0. The molecule has 0 saturated carbocycles. The van der Waals surface area contributed by atoms with Crippen LogP contribution in [-0.4, -0.2) is 46.4 Å². The topological polar surface area (TPSA) is 84.5 Å². The van der Waals surface area contributed by atoms with Crippen LogP contribution in [0.25, 0.3) is 0 Å². The maximum atomic E-state index is 11.5. The maximum Gasteiger partial charge on any atom is 0.248 e. The van der Waals surface area contributed by atoms with Crippen LogP contribution in [-0.2, 0) is 19.6 Å². The molecule has 1 amide bonds. The van der Waals surface area contributed by atoms with Crippen LogP contribution in [0.15, 0.2) is 0 Å². The molecule has 6 nitrogen and oxygen atoms in total. The highest BCUT2D eigenvalue weighted by atomic mass is 32.2. The van der Waals surface area contributed by atoms with Gasteiger partial charge in [0, 0.05) is 19.7 Å². The summed E-state index contributed by atoms with van der Waals surface area (Å²) in [4.78, 5) is 11.5. The third-order valence-corrected chi connectivity index (χ3v) is 2.57. The van der Waals surface area contributed by atoms with Gasteiger partial charge in [-0.1, -0.05) is 13.8 Å². The van der Waals surface area contributed by atoms with Crippen LogP contribution in [0.5, 0.6) is 0 Å². The van der Waals surface area contributed by atoms with Crippen LogP contribution in [0.1, 0.15) is 20.8 Å². The smallest absolute Gasteiger partial charge is 0.248 e. The molecule has 0 aliphatic carbocycles. The van der Waals surface area contributed by atoms with E-state index in [0.29, 0.717) is 12.5 Å². The van der Waals surface area contributed by atoms with Gasteiger partial charge in [0.15, 0.2) is 0 Å². The van der Waals surface area contributed by atoms with Crippen molar-refractivity contribution >= 4 is 15.9 Å². The Morgan fingerprint density at radius 1 is 1.24 bits per heavy atom. The van der Waals surface area contributed by atoms with Gasteiger partial charge in [-0.15, -0.1) is 0 Å². The van der Waals surface area contributed by atoms with Gasteiger partial charge in [0.05, 0.1) is 6.26 Å². The number of amides is 1. The van der Waals surface area contributed by atoms with Crippen molar-refractivity contribution in [2.24, 2.45) is 5.92 Å². The van der Waals surface area contributed by atoms with Gasteiger partial charge in [-0.25, -0.2) is 13.1 Å². The summed E-state index contributed by atoms with van der Waals surface area (Å²) in [6.07, 6.45) is 0.555. The highest BCUT2D eigenvalue weighted by Crippen LogP contribution is 1.97. The second kappa shape index (κ2) is 7.62. The Morgan fingerprint density at radius 3 is 2.29 bits per heavy atom. The highest BCUT2D eigenvalue weighted by Gasteiger charge is 2.13. The molecule has 102 valence electrons. The largest absolute Gasteiger partial charge is 0.368 e. The molecule has 0 aromatic rings. The number of ether oxygens (including phenoxy) is 1. The van der Waals surface area contributed by atoms with Gasteiger partial charge in [-0.2, -0.15) is 0 Å².